The van der Waals surface area contributed by atoms with Crippen LogP contribution in [-0.2, 0) is 0 Å². The Bertz CT molecular complexity index is 3520. The van der Waals surface area contributed by atoms with Gasteiger partial charge < -0.3 is 9.80 Å². The highest BCUT2D eigenvalue weighted by Crippen LogP contribution is 2.49. The first-order valence-electron chi connectivity index (χ1n) is 20.5. The zero-order chi connectivity index (χ0) is 45.6. The van der Waals surface area contributed by atoms with Gasteiger partial charge in [0, 0.05) is 45.4 Å². The van der Waals surface area contributed by atoms with Crippen LogP contribution in [0.5, 0.6) is 0 Å². The lowest BCUT2D eigenvalue weighted by atomic mass is 9.91. The Morgan fingerprint density at radius 3 is 1.26 bits per heavy atom. The van der Waals surface area contributed by atoms with Gasteiger partial charge in [-0.15, -0.1) is 0 Å². The molecule has 10 aromatic carbocycles. The van der Waals surface area contributed by atoms with Crippen molar-refractivity contribution in [2.45, 2.75) is 0 Å². The van der Waals surface area contributed by atoms with Gasteiger partial charge >= 0.3 is 0 Å². The summed E-state index contributed by atoms with van der Waals surface area (Å²) in [6, 6.07) is 51.3. The standard InChI is InChI=1S/C56H28F4N6/c1-64-40-14-18-42(19-15-40)66(54-29-48(58)46(27-50(54)60)39-7-3-5-35(25-39)32-63)52-23-13-37-10-20-43-51(22-12-36-11-21-44(52)56(37)55(36)43)65(41-16-8-33(30-61)9-17-41)53-28-47(57)45(26-49(53)59)38-6-2-4-34(24-38)31-62/h2-29H. The molecule has 0 bridgehead atoms. The number of rotatable bonds is 8. The van der Waals surface area contributed by atoms with E-state index in [-0.39, 0.29) is 22.5 Å². The fourth-order valence-corrected chi connectivity index (χ4v) is 8.71. The second-order valence-electron chi connectivity index (χ2n) is 15.5. The minimum Gasteiger partial charge on any atom is -0.307 e. The van der Waals surface area contributed by atoms with Crippen LogP contribution >= 0.6 is 0 Å². The van der Waals surface area contributed by atoms with Gasteiger partial charge in [0.1, 0.15) is 23.3 Å². The van der Waals surface area contributed by atoms with Crippen LogP contribution in [0.4, 0.5) is 57.4 Å². The van der Waals surface area contributed by atoms with Gasteiger partial charge in [0.05, 0.1) is 64.2 Å². The van der Waals surface area contributed by atoms with Gasteiger partial charge in [-0.05, 0) is 118 Å². The topological polar surface area (TPSA) is 82.2 Å². The molecule has 0 spiro atoms. The molecule has 0 aliphatic carbocycles. The smallest absolute Gasteiger partial charge is 0.187 e. The van der Waals surface area contributed by atoms with Crippen molar-refractivity contribution in [3.8, 4) is 40.5 Å². The van der Waals surface area contributed by atoms with Crippen LogP contribution in [0.2, 0.25) is 0 Å². The van der Waals surface area contributed by atoms with Gasteiger partial charge in [-0.3, -0.25) is 0 Å². The summed E-state index contributed by atoms with van der Waals surface area (Å²) in [5.74, 6) is -2.93. The number of nitrogens with zero attached hydrogens (tertiary/aromatic N) is 6. The molecule has 6 nitrogen and oxygen atoms in total. The van der Waals surface area contributed by atoms with Crippen molar-refractivity contribution >= 4 is 72.1 Å². The molecule has 0 aliphatic heterocycles. The van der Waals surface area contributed by atoms with Crippen LogP contribution in [0.15, 0.2) is 170 Å². The van der Waals surface area contributed by atoms with E-state index in [2.05, 4.69) is 10.9 Å². The second kappa shape index (κ2) is 16.3. The summed E-state index contributed by atoms with van der Waals surface area (Å²) < 4.78 is 66.2. The molecule has 0 aliphatic rings. The van der Waals surface area contributed by atoms with E-state index in [1.165, 1.54) is 12.1 Å². The van der Waals surface area contributed by atoms with Crippen molar-refractivity contribution in [3.63, 3.8) is 0 Å². The fraction of sp³-hybridized carbons (Fsp3) is 0. The maximum Gasteiger partial charge on any atom is 0.187 e. The van der Waals surface area contributed by atoms with Crippen LogP contribution in [-0.4, -0.2) is 0 Å². The van der Waals surface area contributed by atoms with Crippen LogP contribution in [0.3, 0.4) is 0 Å². The second-order valence-corrected chi connectivity index (χ2v) is 15.5. The van der Waals surface area contributed by atoms with E-state index in [9.17, 15) is 15.8 Å². The number of nitriles is 3. The Morgan fingerprint density at radius 1 is 0.409 bits per heavy atom. The van der Waals surface area contributed by atoms with Gasteiger partial charge in [-0.2, -0.15) is 15.8 Å². The third kappa shape index (κ3) is 6.89. The first kappa shape index (κ1) is 40.6. The third-order valence-electron chi connectivity index (χ3n) is 11.8. The number of halogens is 4. The molecule has 0 radical (unpaired) electrons. The first-order chi connectivity index (χ1) is 32.2. The summed E-state index contributed by atoms with van der Waals surface area (Å²) in [6.07, 6.45) is 0. The molecule has 0 amide bonds. The lowest BCUT2D eigenvalue weighted by molar-refractivity contribution is 0.604. The van der Waals surface area contributed by atoms with Gasteiger partial charge in [0.15, 0.2) is 5.69 Å². The molecule has 0 saturated heterocycles. The Labute approximate surface area is 375 Å². The normalized spacial score (nSPS) is 11.0. The van der Waals surface area contributed by atoms with Gasteiger partial charge in [-0.1, -0.05) is 72.8 Å². The molecule has 0 saturated carbocycles. The maximum atomic E-state index is 16.8. The van der Waals surface area contributed by atoms with Crippen molar-refractivity contribution in [2.75, 3.05) is 9.80 Å². The van der Waals surface area contributed by atoms with Gasteiger partial charge in [0.2, 0.25) is 0 Å². The van der Waals surface area contributed by atoms with E-state index in [1.807, 2.05) is 60.7 Å². The molecular weight excluding hydrogens is 833 g/mol. The van der Waals surface area contributed by atoms with E-state index in [1.54, 1.807) is 94.7 Å². The number of hydrogen-bond donors (Lipinski definition) is 0. The highest BCUT2D eigenvalue weighted by atomic mass is 19.1. The molecular formula is C56H28F4N6. The number of benzene rings is 10. The van der Waals surface area contributed by atoms with E-state index >= 15 is 17.6 Å². The summed E-state index contributed by atoms with van der Waals surface area (Å²) >= 11 is 0. The molecule has 0 atom stereocenters. The van der Waals surface area contributed by atoms with Crippen molar-refractivity contribution in [1.29, 1.82) is 15.8 Å². The fourth-order valence-electron chi connectivity index (χ4n) is 8.71. The molecule has 0 aromatic heterocycles. The summed E-state index contributed by atoms with van der Waals surface area (Å²) in [5.41, 5.74) is 3.58. The summed E-state index contributed by atoms with van der Waals surface area (Å²) in [5, 5.41) is 33.1. The number of hydrogen-bond acceptors (Lipinski definition) is 5. The average molecular weight is 861 g/mol. The summed E-state index contributed by atoms with van der Waals surface area (Å²) in [6.45, 7) is 7.55. The molecule has 0 unspecified atom stereocenters. The molecule has 10 heteroatoms. The van der Waals surface area contributed by atoms with E-state index in [0.717, 1.165) is 45.8 Å². The van der Waals surface area contributed by atoms with E-state index in [0.29, 0.717) is 67.0 Å². The summed E-state index contributed by atoms with van der Waals surface area (Å²) in [4.78, 5) is 6.72. The molecule has 10 rings (SSSR count). The summed E-state index contributed by atoms with van der Waals surface area (Å²) in [7, 11) is 0. The van der Waals surface area contributed by atoms with Gasteiger partial charge in [0.25, 0.3) is 0 Å². The monoisotopic (exact) mass is 860 g/mol. The van der Waals surface area contributed by atoms with Crippen molar-refractivity contribution in [2.24, 2.45) is 0 Å². The van der Waals surface area contributed by atoms with Gasteiger partial charge in [-0.25, -0.2) is 22.4 Å². The van der Waals surface area contributed by atoms with Crippen molar-refractivity contribution < 1.29 is 17.6 Å². The molecule has 0 heterocycles. The molecule has 66 heavy (non-hydrogen) atoms. The predicted octanol–water partition coefficient (Wildman–Crippen LogP) is 15.6. The molecule has 0 fully saturated rings. The quantitative estimate of drug-likeness (QED) is 0.0863. The number of anilines is 6. The van der Waals surface area contributed by atoms with Crippen LogP contribution < -0.4 is 9.80 Å². The lowest BCUT2D eigenvalue weighted by Gasteiger charge is -2.30. The molecule has 0 N–H and O–H groups in total. The highest BCUT2D eigenvalue weighted by Gasteiger charge is 2.26. The highest BCUT2D eigenvalue weighted by molar-refractivity contribution is 6.28. The Morgan fingerprint density at radius 2 is 0.833 bits per heavy atom. The van der Waals surface area contributed by atoms with Crippen LogP contribution in [0.25, 0.3) is 59.4 Å². The maximum absolute atomic E-state index is 16.8. The predicted molar refractivity (Wildman–Crippen MR) is 251 cm³/mol. The van der Waals surface area contributed by atoms with Crippen molar-refractivity contribution in [3.05, 3.63) is 221 Å². The Kier molecular flexibility index (Phi) is 10.0. The third-order valence-corrected chi connectivity index (χ3v) is 11.8. The lowest BCUT2D eigenvalue weighted by Crippen LogP contribution is -2.14. The first-order valence-corrected chi connectivity index (χ1v) is 20.5. The Balaban J connectivity index is 1.19. The van der Waals surface area contributed by atoms with Crippen LogP contribution in [0, 0.1) is 63.8 Å². The van der Waals surface area contributed by atoms with E-state index in [4.69, 9.17) is 6.57 Å². The minimum atomic E-state index is -0.746. The molecule has 10 aromatic rings. The van der Waals surface area contributed by atoms with Crippen molar-refractivity contribution in [1.82, 2.24) is 0 Å². The van der Waals surface area contributed by atoms with E-state index < -0.39 is 23.3 Å². The largest absolute Gasteiger partial charge is 0.307 e. The minimum absolute atomic E-state index is 0.0226. The Hall–Kier alpha value is -9.48. The van der Waals surface area contributed by atoms with Crippen LogP contribution in [0.1, 0.15) is 16.7 Å². The zero-order valence-electron chi connectivity index (χ0n) is 34.4. The average Bonchev–Trinajstić information content (AvgIpc) is 3.36. The zero-order valence-corrected chi connectivity index (χ0v) is 34.4. The SMILES string of the molecule is [C-]#[N+]c1ccc(N(c2cc(F)c(-c3cccc(C#N)c3)cc2F)c2ccc3ccc4c(N(c5ccc(C#N)cc5)c5cc(F)c(-c6cccc(C#N)c6)cc5F)ccc5ccc2c3c54)cc1. The molecule has 310 valence electrons.